The third-order valence-electron chi connectivity index (χ3n) is 6.47. The van der Waals surface area contributed by atoms with Crippen LogP contribution in [0.1, 0.15) is 87.1 Å². The standard InChI is InChI=1S/C29H45NO10/c1-10-12-25(31)40-29(26(32)33,30-19(7)11-2)16-22-13-14-23(38-27(34)36-20(8)17(3)4)24(15-22)39-28(35)37-21(9)18(5)6/h13-15,17-21,30H,10-12,16H2,1-9H3,(H,32,33)/t19?,20?,21?,29-/m0/s1. The summed E-state index contributed by atoms with van der Waals surface area (Å²) < 4.78 is 26.7. The molecule has 1 aromatic carbocycles. The van der Waals surface area contributed by atoms with Gasteiger partial charge in [-0.1, -0.05) is 47.6 Å². The van der Waals surface area contributed by atoms with E-state index in [1.165, 1.54) is 18.2 Å². The number of benzene rings is 1. The second-order valence-corrected chi connectivity index (χ2v) is 10.6. The Morgan fingerprint density at radius 1 is 0.850 bits per heavy atom. The molecule has 0 aliphatic heterocycles. The molecule has 4 atom stereocenters. The largest absolute Gasteiger partial charge is 0.514 e. The van der Waals surface area contributed by atoms with Crippen LogP contribution in [-0.2, 0) is 30.2 Å². The van der Waals surface area contributed by atoms with E-state index >= 15 is 0 Å². The molecule has 0 spiro atoms. The van der Waals surface area contributed by atoms with E-state index in [9.17, 15) is 24.3 Å². The summed E-state index contributed by atoms with van der Waals surface area (Å²) in [4.78, 5) is 49.9. The van der Waals surface area contributed by atoms with Crippen molar-refractivity contribution in [3.63, 3.8) is 0 Å². The molecule has 11 nitrogen and oxygen atoms in total. The first-order valence-electron chi connectivity index (χ1n) is 13.8. The van der Waals surface area contributed by atoms with Gasteiger partial charge >= 0.3 is 24.2 Å². The fourth-order valence-corrected chi connectivity index (χ4v) is 3.16. The second kappa shape index (κ2) is 16.1. The van der Waals surface area contributed by atoms with Crippen LogP contribution in [0.5, 0.6) is 11.5 Å². The zero-order valence-electron chi connectivity index (χ0n) is 25.1. The van der Waals surface area contributed by atoms with Crippen molar-refractivity contribution in [3.05, 3.63) is 23.8 Å². The first-order chi connectivity index (χ1) is 18.6. The summed E-state index contributed by atoms with van der Waals surface area (Å²) in [6.07, 6.45) is -2.18. The van der Waals surface area contributed by atoms with Crippen LogP contribution in [0.4, 0.5) is 9.59 Å². The van der Waals surface area contributed by atoms with E-state index in [4.69, 9.17) is 23.7 Å². The van der Waals surface area contributed by atoms with Gasteiger partial charge in [0.25, 0.3) is 5.72 Å². The van der Waals surface area contributed by atoms with Crippen molar-refractivity contribution in [3.8, 4) is 11.5 Å². The van der Waals surface area contributed by atoms with Crippen molar-refractivity contribution in [2.24, 2.45) is 11.8 Å². The van der Waals surface area contributed by atoms with E-state index in [2.05, 4.69) is 5.32 Å². The minimum absolute atomic E-state index is 0.0164. The topological polar surface area (TPSA) is 147 Å². The van der Waals surface area contributed by atoms with Gasteiger partial charge in [0.1, 0.15) is 12.2 Å². The maximum Gasteiger partial charge on any atom is 0.514 e. The van der Waals surface area contributed by atoms with E-state index < -0.39 is 42.2 Å². The number of carboxylic acid groups (broad SMARTS) is 1. The Labute approximate surface area is 236 Å². The number of nitrogens with one attached hydrogen (secondary N) is 1. The molecular weight excluding hydrogens is 522 g/mol. The molecule has 0 radical (unpaired) electrons. The van der Waals surface area contributed by atoms with Gasteiger partial charge in [0.15, 0.2) is 11.5 Å². The Balaban J connectivity index is 3.46. The normalized spacial score (nSPS) is 15.0. The number of hydrogen-bond donors (Lipinski definition) is 2. The van der Waals surface area contributed by atoms with Crippen LogP contribution >= 0.6 is 0 Å². The van der Waals surface area contributed by atoms with Crippen LogP contribution in [0.25, 0.3) is 0 Å². The monoisotopic (exact) mass is 567 g/mol. The summed E-state index contributed by atoms with van der Waals surface area (Å²) in [5.74, 6) is -2.35. The molecule has 3 unspecified atom stereocenters. The molecule has 0 amide bonds. The lowest BCUT2D eigenvalue weighted by atomic mass is 10.00. The number of esters is 1. The van der Waals surface area contributed by atoms with Gasteiger partial charge in [-0.05, 0) is 63.1 Å². The van der Waals surface area contributed by atoms with E-state index in [-0.39, 0.29) is 42.2 Å². The highest BCUT2D eigenvalue weighted by molar-refractivity contribution is 5.82. The molecule has 0 aliphatic carbocycles. The van der Waals surface area contributed by atoms with Crippen LogP contribution in [-0.4, -0.2) is 53.3 Å². The quantitative estimate of drug-likeness (QED) is 0.114. The minimum atomic E-state index is -2.10. The molecule has 226 valence electrons. The molecule has 2 N–H and O–H groups in total. The lowest BCUT2D eigenvalue weighted by Crippen LogP contribution is -2.59. The van der Waals surface area contributed by atoms with Gasteiger partial charge in [0, 0.05) is 18.9 Å². The molecule has 0 saturated carbocycles. The number of hydrogen-bond acceptors (Lipinski definition) is 10. The number of carbonyl (C=O) groups excluding carboxylic acids is 3. The number of aliphatic carboxylic acids is 1. The molecule has 0 heterocycles. The average Bonchev–Trinajstić information content (AvgIpc) is 2.85. The highest BCUT2D eigenvalue weighted by atomic mass is 16.8. The van der Waals surface area contributed by atoms with Gasteiger partial charge in [-0.3, -0.25) is 10.1 Å². The highest BCUT2D eigenvalue weighted by Crippen LogP contribution is 2.32. The predicted molar refractivity (Wildman–Crippen MR) is 147 cm³/mol. The van der Waals surface area contributed by atoms with E-state index in [1.54, 1.807) is 27.7 Å². The Kier molecular flexibility index (Phi) is 13.9. The zero-order chi connectivity index (χ0) is 30.6. The molecule has 0 aliphatic rings. The molecular formula is C29H45NO10. The van der Waals surface area contributed by atoms with Crippen LogP contribution in [0.3, 0.4) is 0 Å². The maximum absolute atomic E-state index is 12.5. The summed E-state index contributed by atoms with van der Waals surface area (Å²) in [5, 5.41) is 13.1. The van der Waals surface area contributed by atoms with Gasteiger partial charge in [-0.15, -0.1) is 0 Å². The number of carboxylic acids is 1. The molecule has 0 aromatic heterocycles. The zero-order valence-corrected chi connectivity index (χ0v) is 25.1. The summed E-state index contributed by atoms with van der Waals surface area (Å²) in [7, 11) is 0. The molecule has 40 heavy (non-hydrogen) atoms. The second-order valence-electron chi connectivity index (χ2n) is 10.6. The third-order valence-corrected chi connectivity index (χ3v) is 6.47. The molecule has 1 aromatic rings. The molecule has 0 saturated heterocycles. The van der Waals surface area contributed by atoms with Crippen molar-refractivity contribution in [1.82, 2.24) is 5.32 Å². The number of carbonyl (C=O) groups is 4. The minimum Gasteiger partial charge on any atom is -0.477 e. The van der Waals surface area contributed by atoms with Crippen molar-refractivity contribution in [2.45, 2.75) is 112 Å². The molecule has 0 fully saturated rings. The summed E-state index contributed by atoms with van der Waals surface area (Å²) >= 11 is 0. The molecule has 11 heteroatoms. The average molecular weight is 568 g/mol. The smallest absolute Gasteiger partial charge is 0.477 e. The van der Waals surface area contributed by atoms with E-state index in [0.29, 0.717) is 18.4 Å². The number of rotatable bonds is 15. The lowest BCUT2D eigenvalue weighted by molar-refractivity contribution is -0.184. The Morgan fingerprint density at radius 3 is 1.82 bits per heavy atom. The Morgan fingerprint density at radius 2 is 1.38 bits per heavy atom. The first-order valence-corrected chi connectivity index (χ1v) is 13.8. The van der Waals surface area contributed by atoms with E-state index in [0.717, 1.165) is 0 Å². The molecule has 0 bridgehead atoms. The van der Waals surface area contributed by atoms with Crippen molar-refractivity contribution in [2.75, 3.05) is 0 Å². The highest BCUT2D eigenvalue weighted by Gasteiger charge is 2.44. The van der Waals surface area contributed by atoms with Crippen LogP contribution < -0.4 is 14.8 Å². The van der Waals surface area contributed by atoms with E-state index in [1.807, 2.05) is 34.6 Å². The van der Waals surface area contributed by atoms with Gasteiger partial charge in [-0.2, -0.15) is 0 Å². The summed E-state index contributed by atoms with van der Waals surface area (Å²) in [6.45, 7) is 16.3. The fourth-order valence-electron chi connectivity index (χ4n) is 3.16. The van der Waals surface area contributed by atoms with Gasteiger partial charge < -0.3 is 28.8 Å². The maximum atomic E-state index is 12.5. The summed E-state index contributed by atoms with van der Waals surface area (Å²) in [5.41, 5.74) is -1.78. The third kappa shape index (κ3) is 11.0. The van der Waals surface area contributed by atoms with Crippen LogP contribution in [0.15, 0.2) is 18.2 Å². The Hall–Kier alpha value is -3.34. The predicted octanol–water partition coefficient (Wildman–Crippen LogP) is 5.86. The van der Waals surface area contributed by atoms with Crippen molar-refractivity contribution in [1.29, 1.82) is 0 Å². The number of ether oxygens (including phenoxy) is 5. The summed E-state index contributed by atoms with van der Waals surface area (Å²) in [6, 6.07) is 3.84. The first kappa shape index (κ1) is 34.7. The lowest BCUT2D eigenvalue weighted by Gasteiger charge is -2.33. The van der Waals surface area contributed by atoms with Crippen molar-refractivity contribution >= 4 is 24.2 Å². The van der Waals surface area contributed by atoms with Crippen LogP contribution in [0.2, 0.25) is 0 Å². The fraction of sp³-hybridized carbons (Fsp3) is 0.655. The Bertz CT molecular complexity index is 1010. The van der Waals surface area contributed by atoms with Gasteiger partial charge in [-0.25, -0.2) is 14.4 Å². The van der Waals surface area contributed by atoms with Gasteiger partial charge in [0.05, 0.1) is 0 Å². The van der Waals surface area contributed by atoms with Crippen LogP contribution in [0, 0.1) is 11.8 Å². The van der Waals surface area contributed by atoms with Crippen molar-refractivity contribution < 1.29 is 48.0 Å². The molecule has 1 rings (SSSR count). The van der Waals surface area contributed by atoms with Gasteiger partial charge in [0.2, 0.25) is 0 Å². The SMILES string of the molecule is CCCC(=O)O[C@](Cc1ccc(OC(=O)OC(C)C(C)C)c(OC(=O)OC(C)C(C)C)c1)(NC(C)CC)C(=O)O.